The fourth-order valence-electron chi connectivity index (χ4n) is 2.68. The summed E-state index contributed by atoms with van der Waals surface area (Å²) in [6, 6.07) is 11.7. The third kappa shape index (κ3) is 4.12. The van der Waals surface area contributed by atoms with Gasteiger partial charge in [0.2, 0.25) is 15.8 Å². The molecule has 0 atom stereocenters. The average Bonchev–Trinajstić information content (AvgIpc) is 3.34. The molecule has 3 heterocycles. The van der Waals surface area contributed by atoms with Crippen LogP contribution < -0.4 is 14.2 Å². The van der Waals surface area contributed by atoms with Crippen LogP contribution in [-0.2, 0) is 16.6 Å². The molecule has 0 aliphatic carbocycles. The molecule has 0 fully saturated rings. The summed E-state index contributed by atoms with van der Waals surface area (Å²) in [7, 11) is -3.72. The molecule has 1 aliphatic rings. The van der Waals surface area contributed by atoms with Crippen molar-refractivity contribution >= 4 is 38.5 Å². The summed E-state index contributed by atoms with van der Waals surface area (Å²) in [4.78, 5) is 14.5. The summed E-state index contributed by atoms with van der Waals surface area (Å²) in [5.74, 6) is 0.934. The Morgan fingerprint density at radius 2 is 1.86 bits per heavy atom. The number of carbonyl (C=O) groups is 1. The lowest BCUT2D eigenvalue weighted by atomic mass is 10.3. The third-order valence-electron chi connectivity index (χ3n) is 4.10. The molecule has 2 aromatic heterocycles. The highest BCUT2D eigenvalue weighted by Gasteiger charge is 2.19. The Kier molecular flexibility index (Phi) is 5.49. The minimum Gasteiger partial charge on any atom is -0.490 e. The fraction of sp³-hybridized carbons (Fsp3) is 0.211. The molecule has 0 saturated carbocycles. The number of carbonyl (C=O) groups excluding carboxylic acids is 1. The Morgan fingerprint density at radius 3 is 2.64 bits per heavy atom. The predicted octanol–water partition coefficient (Wildman–Crippen LogP) is 3.68. The van der Waals surface area contributed by atoms with Gasteiger partial charge in [-0.15, -0.1) is 22.7 Å². The van der Waals surface area contributed by atoms with E-state index in [1.54, 1.807) is 24.3 Å². The molecule has 146 valence electrons. The van der Waals surface area contributed by atoms with E-state index in [1.807, 2.05) is 11.4 Å². The summed E-state index contributed by atoms with van der Waals surface area (Å²) >= 11 is 2.67. The van der Waals surface area contributed by atoms with Crippen molar-refractivity contribution in [3.8, 4) is 11.5 Å². The molecule has 0 spiro atoms. The Hall–Kier alpha value is -2.20. The third-order valence-corrected chi connectivity index (χ3v) is 7.45. The number of hydrogen-bond donors (Lipinski definition) is 1. The highest BCUT2D eigenvalue weighted by molar-refractivity contribution is 7.89. The van der Waals surface area contributed by atoms with Crippen molar-refractivity contribution in [1.29, 1.82) is 0 Å². The zero-order valence-electron chi connectivity index (χ0n) is 14.7. The molecule has 6 nitrogen and oxygen atoms in total. The van der Waals surface area contributed by atoms with Crippen LogP contribution in [0.4, 0.5) is 0 Å². The SMILES string of the molecule is O=C(c1cccs1)c1ccc(CNS(=O)(=O)c2ccc3c(c2)OCCCO3)s1. The van der Waals surface area contributed by atoms with Crippen molar-refractivity contribution in [3.05, 3.63) is 62.5 Å². The van der Waals surface area contributed by atoms with Crippen LogP contribution >= 0.6 is 22.7 Å². The first-order valence-corrected chi connectivity index (χ1v) is 11.8. The molecule has 0 saturated heterocycles. The molecule has 4 rings (SSSR count). The van der Waals surface area contributed by atoms with Gasteiger partial charge in [0.1, 0.15) is 0 Å². The van der Waals surface area contributed by atoms with E-state index in [2.05, 4.69) is 4.72 Å². The molecule has 1 aliphatic heterocycles. The van der Waals surface area contributed by atoms with E-state index in [4.69, 9.17) is 9.47 Å². The van der Waals surface area contributed by atoms with E-state index in [0.717, 1.165) is 11.3 Å². The van der Waals surface area contributed by atoms with Crippen LogP contribution in [0.5, 0.6) is 11.5 Å². The highest BCUT2D eigenvalue weighted by Crippen LogP contribution is 2.32. The summed E-state index contributed by atoms with van der Waals surface area (Å²) in [5, 5.41) is 1.85. The van der Waals surface area contributed by atoms with Gasteiger partial charge in [-0.1, -0.05) is 6.07 Å². The topological polar surface area (TPSA) is 81.7 Å². The van der Waals surface area contributed by atoms with Crippen molar-refractivity contribution < 1.29 is 22.7 Å². The van der Waals surface area contributed by atoms with Crippen molar-refractivity contribution in [2.45, 2.75) is 17.9 Å². The van der Waals surface area contributed by atoms with Crippen LogP contribution in [0.15, 0.2) is 52.7 Å². The van der Waals surface area contributed by atoms with Gasteiger partial charge in [0, 0.05) is 23.9 Å². The van der Waals surface area contributed by atoms with Crippen molar-refractivity contribution in [3.63, 3.8) is 0 Å². The largest absolute Gasteiger partial charge is 0.490 e. The Morgan fingerprint density at radius 1 is 1.04 bits per heavy atom. The molecule has 1 N–H and O–H groups in total. The Balaban J connectivity index is 1.46. The minimum atomic E-state index is -3.72. The van der Waals surface area contributed by atoms with E-state index < -0.39 is 10.0 Å². The number of sulfonamides is 1. The molecule has 0 amide bonds. The first-order valence-electron chi connectivity index (χ1n) is 8.59. The van der Waals surface area contributed by atoms with E-state index in [1.165, 1.54) is 34.8 Å². The first kappa shape index (κ1) is 19.1. The molecule has 0 bridgehead atoms. The van der Waals surface area contributed by atoms with Crippen molar-refractivity contribution in [2.75, 3.05) is 13.2 Å². The molecular formula is C19H17NO5S3. The van der Waals surface area contributed by atoms with Gasteiger partial charge in [-0.25, -0.2) is 13.1 Å². The summed E-state index contributed by atoms with van der Waals surface area (Å²) < 4.78 is 38.9. The van der Waals surface area contributed by atoms with Gasteiger partial charge in [-0.3, -0.25) is 4.79 Å². The maximum absolute atomic E-state index is 12.6. The fourth-order valence-corrected chi connectivity index (χ4v) is 5.44. The van der Waals surface area contributed by atoms with Crippen LogP contribution in [0.1, 0.15) is 25.8 Å². The van der Waals surface area contributed by atoms with Gasteiger partial charge in [0.15, 0.2) is 11.5 Å². The first-order chi connectivity index (χ1) is 13.5. The molecule has 28 heavy (non-hydrogen) atoms. The molecule has 0 unspecified atom stereocenters. The van der Waals surface area contributed by atoms with Crippen LogP contribution in [0, 0.1) is 0 Å². The number of ether oxygens (including phenoxy) is 2. The van der Waals surface area contributed by atoms with Crippen molar-refractivity contribution in [1.82, 2.24) is 4.72 Å². The number of benzene rings is 1. The van der Waals surface area contributed by atoms with Crippen LogP contribution in [0.3, 0.4) is 0 Å². The van der Waals surface area contributed by atoms with E-state index in [0.29, 0.717) is 34.5 Å². The van der Waals surface area contributed by atoms with Crippen molar-refractivity contribution in [2.24, 2.45) is 0 Å². The monoisotopic (exact) mass is 435 g/mol. The van der Waals surface area contributed by atoms with E-state index in [9.17, 15) is 13.2 Å². The van der Waals surface area contributed by atoms with E-state index >= 15 is 0 Å². The second-order valence-corrected chi connectivity index (χ2v) is 9.94. The zero-order valence-corrected chi connectivity index (χ0v) is 17.2. The summed E-state index contributed by atoms with van der Waals surface area (Å²) in [6.07, 6.45) is 0.750. The lowest BCUT2D eigenvalue weighted by Gasteiger charge is -2.10. The van der Waals surface area contributed by atoms with Gasteiger partial charge in [0.05, 0.1) is 27.9 Å². The standard InChI is InChI=1S/C19H17NO5S3/c21-19(17-3-1-10-26-17)18-7-4-13(27-18)12-20-28(22,23)14-5-6-15-16(11-14)25-9-2-8-24-15/h1,3-7,10-11,20H,2,8-9,12H2. The lowest BCUT2D eigenvalue weighted by Crippen LogP contribution is -2.22. The molecule has 3 aromatic rings. The second kappa shape index (κ2) is 8.04. The summed E-state index contributed by atoms with van der Waals surface area (Å²) in [6.45, 7) is 1.14. The number of nitrogens with one attached hydrogen (secondary N) is 1. The minimum absolute atomic E-state index is 0.0444. The number of rotatable bonds is 6. The van der Waals surface area contributed by atoms with E-state index in [-0.39, 0.29) is 17.2 Å². The molecular weight excluding hydrogens is 418 g/mol. The second-order valence-electron chi connectivity index (χ2n) is 6.06. The zero-order chi connectivity index (χ0) is 19.6. The van der Waals surface area contributed by atoms with Gasteiger partial charge < -0.3 is 9.47 Å². The molecule has 1 aromatic carbocycles. The normalized spacial score (nSPS) is 13.9. The van der Waals surface area contributed by atoms with Crippen LogP contribution in [0.2, 0.25) is 0 Å². The molecule has 0 radical (unpaired) electrons. The molecule has 9 heteroatoms. The van der Waals surface area contributed by atoms with Crippen LogP contribution in [0.25, 0.3) is 0 Å². The van der Waals surface area contributed by atoms with Crippen LogP contribution in [-0.4, -0.2) is 27.4 Å². The lowest BCUT2D eigenvalue weighted by molar-refractivity contribution is 0.104. The van der Waals surface area contributed by atoms with Gasteiger partial charge in [0.25, 0.3) is 0 Å². The predicted molar refractivity (Wildman–Crippen MR) is 108 cm³/mol. The highest BCUT2D eigenvalue weighted by atomic mass is 32.2. The smallest absolute Gasteiger partial charge is 0.241 e. The summed E-state index contributed by atoms with van der Waals surface area (Å²) in [5.41, 5.74) is 0. The van der Waals surface area contributed by atoms with Gasteiger partial charge in [-0.2, -0.15) is 0 Å². The van der Waals surface area contributed by atoms with Gasteiger partial charge >= 0.3 is 0 Å². The average molecular weight is 436 g/mol. The Bertz CT molecular complexity index is 1090. The quantitative estimate of drug-likeness (QED) is 0.598. The maximum atomic E-state index is 12.6. The van der Waals surface area contributed by atoms with Gasteiger partial charge in [-0.05, 0) is 35.7 Å². The number of hydrogen-bond acceptors (Lipinski definition) is 7. The number of thiophene rings is 2. The number of ketones is 1. The maximum Gasteiger partial charge on any atom is 0.241 e. The Labute approximate surface area is 170 Å². The number of fused-ring (bicyclic) bond motifs is 1.